The van der Waals surface area contributed by atoms with Gasteiger partial charge in [-0.1, -0.05) is 32.8 Å². The number of fused-ring (bicyclic) bond motifs is 5. The van der Waals surface area contributed by atoms with Crippen molar-refractivity contribution in [1.29, 1.82) is 0 Å². The molecule has 2 heteroatoms. The molecule has 0 aromatic carbocycles. The van der Waals surface area contributed by atoms with Gasteiger partial charge in [0.05, 0.1) is 0 Å². The third-order valence-electron chi connectivity index (χ3n) is 9.24. The van der Waals surface area contributed by atoms with Crippen LogP contribution in [0.1, 0.15) is 85.5 Å². The maximum Gasteiger partial charge on any atom is 0.155 e. The molecule has 4 aliphatic carbocycles. The van der Waals surface area contributed by atoms with Crippen molar-refractivity contribution in [2.75, 3.05) is 0 Å². The smallest absolute Gasteiger partial charge is 0.155 e. The summed E-state index contributed by atoms with van der Waals surface area (Å²) in [6.07, 6.45) is 12.3. The average Bonchev–Trinajstić information content (AvgIpc) is 2.88. The van der Waals surface area contributed by atoms with Gasteiger partial charge in [-0.05, 0) is 92.4 Å². The van der Waals surface area contributed by atoms with Gasteiger partial charge in [-0.25, -0.2) is 0 Å². The molecule has 1 unspecified atom stereocenters. The lowest BCUT2D eigenvalue weighted by atomic mass is 9.46. The quantitative estimate of drug-likeness (QED) is 0.645. The van der Waals surface area contributed by atoms with Gasteiger partial charge in [0.2, 0.25) is 0 Å². The molecule has 4 rings (SSSR count). The molecule has 3 fully saturated rings. The number of Topliss-reactive ketones (excluding diaryl/α,β-unsaturated/α-hetero) is 1. The van der Waals surface area contributed by atoms with E-state index in [9.17, 15) is 9.59 Å². The molecule has 3 saturated carbocycles. The molecule has 0 heterocycles. The molecular formula is C24H36O2. The van der Waals surface area contributed by atoms with Crippen LogP contribution < -0.4 is 0 Å². The van der Waals surface area contributed by atoms with E-state index in [4.69, 9.17) is 0 Å². The molecule has 0 bridgehead atoms. The van der Waals surface area contributed by atoms with Gasteiger partial charge in [0, 0.05) is 12.3 Å². The molecule has 0 aromatic rings. The number of carbonyl (C=O) groups is 2. The maximum absolute atomic E-state index is 12.6. The molecule has 0 radical (unpaired) electrons. The SMILES string of the molecule is CCCC1C[C@H]2[C@@H]3CCC4=CC(=O)CC[C@]4(C)[C@H]3CC[C@]2(C)[C@H]1C(C)=O. The summed E-state index contributed by atoms with van der Waals surface area (Å²) in [4.78, 5) is 24.6. The van der Waals surface area contributed by atoms with Crippen molar-refractivity contribution in [2.45, 2.75) is 85.5 Å². The van der Waals surface area contributed by atoms with Crippen LogP contribution in [0.5, 0.6) is 0 Å². The van der Waals surface area contributed by atoms with Crippen molar-refractivity contribution < 1.29 is 9.59 Å². The summed E-state index contributed by atoms with van der Waals surface area (Å²) in [7, 11) is 0. The van der Waals surface area contributed by atoms with E-state index in [1.807, 2.05) is 13.0 Å². The van der Waals surface area contributed by atoms with Crippen molar-refractivity contribution in [1.82, 2.24) is 0 Å². The number of allylic oxidation sites excluding steroid dienone is 1. The Hall–Kier alpha value is -0.920. The molecule has 26 heavy (non-hydrogen) atoms. The van der Waals surface area contributed by atoms with Gasteiger partial charge in [0.25, 0.3) is 0 Å². The molecular weight excluding hydrogens is 320 g/mol. The first kappa shape index (κ1) is 18.4. The molecule has 7 atom stereocenters. The van der Waals surface area contributed by atoms with E-state index in [0.717, 1.165) is 31.1 Å². The second-order valence-corrected chi connectivity index (χ2v) is 10.4. The average molecular weight is 357 g/mol. The number of hydrogen-bond acceptors (Lipinski definition) is 2. The maximum atomic E-state index is 12.6. The van der Waals surface area contributed by atoms with Gasteiger partial charge in [-0.2, -0.15) is 0 Å². The largest absolute Gasteiger partial charge is 0.300 e. The van der Waals surface area contributed by atoms with E-state index >= 15 is 0 Å². The Morgan fingerprint density at radius 2 is 1.92 bits per heavy atom. The number of carbonyl (C=O) groups excluding carboxylic acids is 2. The van der Waals surface area contributed by atoms with Crippen LogP contribution in [-0.2, 0) is 9.59 Å². The van der Waals surface area contributed by atoms with Gasteiger partial charge in [0.1, 0.15) is 5.78 Å². The van der Waals surface area contributed by atoms with Gasteiger partial charge in [-0.15, -0.1) is 0 Å². The third-order valence-corrected chi connectivity index (χ3v) is 9.24. The van der Waals surface area contributed by atoms with Gasteiger partial charge in [-0.3, -0.25) is 9.59 Å². The summed E-state index contributed by atoms with van der Waals surface area (Å²) in [6, 6.07) is 0. The minimum absolute atomic E-state index is 0.217. The minimum atomic E-state index is 0.217. The highest BCUT2D eigenvalue weighted by atomic mass is 16.1. The summed E-state index contributed by atoms with van der Waals surface area (Å²) in [5.74, 6) is 3.86. The van der Waals surface area contributed by atoms with Gasteiger partial charge >= 0.3 is 0 Å². The van der Waals surface area contributed by atoms with Crippen LogP contribution in [0.3, 0.4) is 0 Å². The molecule has 0 N–H and O–H groups in total. The fraction of sp³-hybridized carbons (Fsp3) is 0.833. The standard InChI is InChI=1S/C24H36O2/c1-5-6-16-13-21-19-8-7-17-14-18(26)9-11-23(17,3)20(19)10-12-24(21,4)22(16)15(2)25/h14,16,19-22H,5-13H2,1-4H3/t16?,19-,20+,21+,22+,23+,24+/m1/s1. The van der Waals surface area contributed by atoms with Crippen molar-refractivity contribution in [3.8, 4) is 0 Å². The van der Waals surface area contributed by atoms with Crippen LogP contribution in [0, 0.1) is 40.4 Å². The first-order valence-electron chi connectivity index (χ1n) is 11.1. The zero-order valence-electron chi connectivity index (χ0n) is 17.1. The Balaban J connectivity index is 1.67. The van der Waals surface area contributed by atoms with Crippen LogP contribution in [0.4, 0.5) is 0 Å². The normalized spacial score (nSPS) is 47.6. The molecule has 0 spiro atoms. The lowest BCUT2D eigenvalue weighted by molar-refractivity contribution is -0.130. The predicted molar refractivity (Wildman–Crippen MR) is 105 cm³/mol. The molecule has 0 amide bonds. The summed E-state index contributed by atoms with van der Waals surface area (Å²) in [6.45, 7) is 9.02. The Morgan fingerprint density at radius 3 is 2.62 bits per heavy atom. The Labute approximate surface area is 159 Å². The zero-order chi connectivity index (χ0) is 18.7. The van der Waals surface area contributed by atoms with Crippen LogP contribution in [0.25, 0.3) is 0 Å². The molecule has 4 aliphatic rings. The van der Waals surface area contributed by atoms with Crippen LogP contribution in [0.15, 0.2) is 11.6 Å². The van der Waals surface area contributed by atoms with Crippen molar-refractivity contribution in [3.05, 3.63) is 11.6 Å². The lowest BCUT2D eigenvalue weighted by Gasteiger charge is -2.58. The fourth-order valence-corrected chi connectivity index (χ4v) is 8.19. The van der Waals surface area contributed by atoms with E-state index in [-0.39, 0.29) is 16.7 Å². The molecule has 0 saturated heterocycles. The van der Waals surface area contributed by atoms with Crippen LogP contribution in [-0.4, -0.2) is 11.6 Å². The van der Waals surface area contributed by atoms with Crippen molar-refractivity contribution in [2.24, 2.45) is 40.4 Å². The van der Waals surface area contributed by atoms with Crippen LogP contribution >= 0.6 is 0 Å². The zero-order valence-corrected chi connectivity index (χ0v) is 17.1. The van der Waals surface area contributed by atoms with E-state index in [1.165, 1.54) is 44.1 Å². The number of hydrogen-bond donors (Lipinski definition) is 0. The second-order valence-electron chi connectivity index (χ2n) is 10.4. The van der Waals surface area contributed by atoms with Crippen LogP contribution in [0.2, 0.25) is 0 Å². The first-order valence-corrected chi connectivity index (χ1v) is 11.1. The Morgan fingerprint density at radius 1 is 1.15 bits per heavy atom. The topological polar surface area (TPSA) is 34.1 Å². The van der Waals surface area contributed by atoms with E-state index < -0.39 is 0 Å². The first-order chi connectivity index (χ1) is 12.3. The molecule has 2 nitrogen and oxygen atoms in total. The molecule has 0 aromatic heterocycles. The minimum Gasteiger partial charge on any atom is -0.300 e. The summed E-state index contributed by atoms with van der Waals surface area (Å²) in [5, 5.41) is 0. The monoisotopic (exact) mass is 356 g/mol. The second kappa shape index (κ2) is 6.31. The highest BCUT2D eigenvalue weighted by Crippen LogP contribution is 2.68. The molecule has 144 valence electrons. The van der Waals surface area contributed by atoms with E-state index in [0.29, 0.717) is 23.4 Å². The Kier molecular flexibility index (Phi) is 4.48. The van der Waals surface area contributed by atoms with E-state index in [2.05, 4.69) is 20.8 Å². The highest BCUT2D eigenvalue weighted by Gasteiger charge is 2.61. The van der Waals surface area contributed by atoms with Gasteiger partial charge < -0.3 is 0 Å². The summed E-state index contributed by atoms with van der Waals surface area (Å²) >= 11 is 0. The fourth-order valence-electron chi connectivity index (χ4n) is 8.19. The van der Waals surface area contributed by atoms with Gasteiger partial charge in [0.15, 0.2) is 5.78 Å². The predicted octanol–water partition coefficient (Wildman–Crippen LogP) is 5.75. The Bertz CT molecular complexity index is 647. The summed E-state index contributed by atoms with van der Waals surface area (Å²) < 4.78 is 0. The summed E-state index contributed by atoms with van der Waals surface area (Å²) in [5.41, 5.74) is 1.91. The van der Waals surface area contributed by atoms with Crippen molar-refractivity contribution in [3.63, 3.8) is 0 Å². The highest BCUT2D eigenvalue weighted by molar-refractivity contribution is 5.91. The number of ketones is 2. The van der Waals surface area contributed by atoms with E-state index in [1.54, 1.807) is 0 Å². The molecule has 0 aliphatic heterocycles. The van der Waals surface area contributed by atoms with Crippen molar-refractivity contribution >= 4 is 11.6 Å². The number of rotatable bonds is 3. The lowest BCUT2D eigenvalue weighted by Crippen LogP contribution is -2.51. The third kappa shape index (κ3) is 2.50.